The Balaban J connectivity index is 1.90. The molecule has 27 heavy (non-hydrogen) atoms. The van der Waals surface area contributed by atoms with Crippen LogP contribution in [0.3, 0.4) is 0 Å². The molecule has 0 unspecified atom stereocenters. The molecule has 3 aromatic rings. The molecule has 0 bridgehead atoms. The molecule has 8 heteroatoms. The van der Waals surface area contributed by atoms with Gasteiger partial charge in [0.1, 0.15) is 5.69 Å². The molecule has 0 saturated carbocycles. The quantitative estimate of drug-likeness (QED) is 0.688. The molecule has 0 aliphatic rings. The summed E-state index contributed by atoms with van der Waals surface area (Å²) in [4.78, 5) is 41.4. The van der Waals surface area contributed by atoms with Gasteiger partial charge in [-0.3, -0.25) is 25.2 Å². The Labute approximate surface area is 155 Å². The topological polar surface area (TPSA) is 106 Å². The number of hydrazine groups is 1. The molecule has 3 rings (SSSR count). The maximum atomic E-state index is 12.6. The van der Waals surface area contributed by atoms with Crippen molar-refractivity contribution in [3.63, 3.8) is 0 Å². The Morgan fingerprint density at radius 2 is 1.63 bits per heavy atom. The van der Waals surface area contributed by atoms with E-state index in [9.17, 15) is 14.4 Å². The molecule has 0 aliphatic heterocycles. The van der Waals surface area contributed by atoms with Crippen molar-refractivity contribution in [1.82, 2.24) is 25.6 Å². The monoisotopic (exact) mass is 365 g/mol. The minimum absolute atomic E-state index is 0.0522. The van der Waals surface area contributed by atoms with E-state index in [2.05, 4.69) is 20.9 Å². The highest BCUT2D eigenvalue weighted by atomic mass is 16.2. The van der Waals surface area contributed by atoms with Gasteiger partial charge in [-0.05, 0) is 39.0 Å². The van der Waals surface area contributed by atoms with Crippen LogP contribution in [0, 0.1) is 6.92 Å². The standard InChI is InChI=1S/C19H19N5O3/c1-11(2)24-19(27)14-9-5-4-8-13(14)16(23-24)18(26)22-21-17(25)15-10-6-7-12(3)20-15/h4-11H,1-3H3,(H,21,25)(H,22,26). The summed E-state index contributed by atoms with van der Waals surface area (Å²) in [6.07, 6.45) is 0. The van der Waals surface area contributed by atoms with Crippen molar-refractivity contribution in [2.45, 2.75) is 26.8 Å². The van der Waals surface area contributed by atoms with Gasteiger partial charge in [-0.2, -0.15) is 5.10 Å². The number of nitrogens with zero attached hydrogens (tertiary/aromatic N) is 3. The first-order chi connectivity index (χ1) is 12.9. The first-order valence-electron chi connectivity index (χ1n) is 8.44. The van der Waals surface area contributed by atoms with Crippen molar-refractivity contribution in [2.75, 3.05) is 0 Å². The average Bonchev–Trinajstić information content (AvgIpc) is 2.66. The molecule has 138 valence electrons. The van der Waals surface area contributed by atoms with E-state index in [0.29, 0.717) is 16.5 Å². The van der Waals surface area contributed by atoms with E-state index in [1.807, 2.05) is 0 Å². The van der Waals surface area contributed by atoms with Crippen LogP contribution in [0.25, 0.3) is 10.8 Å². The zero-order valence-corrected chi connectivity index (χ0v) is 15.2. The summed E-state index contributed by atoms with van der Waals surface area (Å²) in [6.45, 7) is 5.37. The van der Waals surface area contributed by atoms with Crippen LogP contribution in [0.1, 0.15) is 46.6 Å². The maximum Gasteiger partial charge on any atom is 0.290 e. The lowest BCUT2D eigenvalue weighted by atomic mass is 10.1. The van der Waals surface area contributed by atoms with Gasteiger partial charge in [0.2, 0.25) is 0 Å². The Morgan fingerprint density at radius 3 is 2.30 bits per heavy atom. The molecule has 1 aromatic carbocycles. The highest BCUT2D eigenvalue weighted by Crippen LogP contribution is 2.14. The Hall–Kier alpha value is -3.55. The molecule has 8 nitrogen and oxygen atoms in total. The van der Waals surface area contributed by atoms with Gasteiger partial charge in [0, 0.05) is 11.1 Å². The van der Waals surface area contributed by atoms with E-state index in [0.717, 1.165) is 0 Å². The maximum absolute atomic E-state index is 12.6. The Morgan fingerprint density at radius 1 is 0.963 bits per heavy atom. The number of nitrogens with one attached hydrogen (secondary N) is 2. The molecular weight excluding hydrogens is 346 g/mol. The van der Waals surface area contributed by atoms with Gasteiger partial charge in [-0.1, -0.05) is 24.3 Å². The van der Waals surface area contributed by atoms with Crippen LogP contribution in [0.5, 0.6) is 0 Å². The lowest BCUT2D eigenvalue weighted by Gasteiger charge is -2.13. The number of hydrogen-bond acceptors (Lipinski definition) is 5. The number of carbonyl (C=O) groups excluding carboxylic acids is 2. The summed E-state index contributed by atoms with van der Waals surface area (Å²) in [5.41, 5.74) is 5.31. The SMILES string of the molecule is Cc1cccc(C(=O)NNC(=O)c2nn(C(C)C)c(=O)c3ccccc23)n1. The number of amides is 2. The van der Waals surface area contributed by atoms with Gasteiger partial charge in [-0.25, -0.2) is 9.67 Å². The smallest absolute Gasteiger partial charge is 0.267 e. The highest BCUT2D eigenvalue weighted by Gasteiger charge is 2.18. The Bertz CT molecular complexity index is 1090. The largest absolute Gasteiger partial charge is 0.290 e. The first-order valence-corrected chi connectivity index (χ1v) is 8.44. The van der Waals surface area contributed by atoms with Crippen LogP contribution in [-0.4, -0.2) is 26.6 Å². The van der Waals surface area contributed by atoms with Gasteiger partial charge in [0.25, 0.3) is 17.4 Å². The summed E-state index contributed by atoms with van der Waals surface area (Å²) < 4.78 is 1.25. The van der Waals surface area contributed by atoms with Crippen LogP contribution < -0.4 is 16.4 Å². The number of carbonyl (C=O) groups is 2. The second-order valence-electron chi connectivity index (χ2n) is 6.31. The molecule has 0 spiro atoms. The molecule has 0 aliphatic carbocycles. The number of benzene rings is 1. The molecule has 0 atom stereocenters. The fraction of sp³-hybridized carbons (Fsp3) is 0.211. The lowest BCUT2D eigenvalue weighted by molar-refractivity contribution is 0.0840. The fourth-order valence-electron chi connectivity index (χ4n) is 2.63. The van der Waals surface area contributed by atoms with Crippen molar-refractivity contribution < 1.29 is 9.59 Å². The summed E-state index contributed by atoms with van der Waals surface area (Å²) in [5, 5.41) is 4.99. The van der Waals surface area contributed by atoms with E-state index < -0.39 is 11.8 Å². The van der Waals surface area contributed by atoms with Crippen LogP contribution in [-0.2, 0) is 0 Å². The fourth-order valence-corrected chi connectivity index (χ4v) is 2.63. The normalized spacial score (nSPS) is 10.8. The molecule has 2 amide bonds. The van der Waals surface area contributed by atoms with E-state index in [1.165, 1.54) is 4.68 Å². The number of rotatable bonds is 3. The van der Waals surface area contributed by atoms with Crippen molar-refractivity contribution >= 4 is 22.6 Å². The molecule has 0 fully saturated rings. The first kappa shape index (κ1) is 18.2. The lowest BCUT2D eigenvalue weighted by Crippen LogP contribution is -2.43. The van der Waals surface area contributed by atoms with E-state index >= 15 is 0 Å². The molecule has 0 saturated heterocycles. The van der Waals surface area contributed by atoms with Crippen LogP contribution >= 0.6 is 0 Å². The van der Waals surface area contributed by atoms with E-state index in [4.69, 9.17) is 0 Å². The van der Waals surface area contributed by atoms with Gasteiger partial charge in [-0.15, -0.1) is 0 Å². The van der Waals surface area contributed by atoms with Gasteiger partial charge in [0.15, 0.2) is 5.69 Å². The third-order valence-electron chi connectivity index (χ3n) is 3.94. The summed E-state index contributed by atoms with van der Waals surface area (Å²) >= 11 is 0. The number of aryl methyl sites for hydroxylation is 1. The van der Waals surface area contributed by atoms with Crippen LogP contribution in [0.15, 0.2) is 47.3 Å². The minimum atomic E-state index is -0.624. The molecular formula is C19H19N5O3. The predicted octanol–water partition coefficient (Wildman–Crippen LogP) is 1.76. The van der Waals surface area contributed by atoms with Gasteiger partial charge in [0.05, 0.1) is 11.4 Å². The summed E-state index contributed by atoms with van der Waals surface area (Å²) in [6, 6.07) is 11.5. The zero-order valence-electron chi connectivity index (χ0n) is 15.2. The number of pyridine rings is 1. The van der Waals surface area contributed by atoms with Gasteiger partial charge >= 0.3 is 0 Å². The van der Waals surface area contributed by atoms with Crippen molar-refractivity contribution in [3.8, 4) is 0 Å². The summed E-state index contributed by atoms with van der Waals surface area (Å²) in [7, 11) is 0. The van der Waals surface area contributed by atoms with E-state index in [-0.39, 0.29) is 23.0 Å². The molecule has 2 N–H and O–H groups in total. The zero-order chi connectivity index (χ0) is 19.6. The Kier molecular flexibility index (Phi) is 4.98. The number of fused-ring (bicyclic) bond motifs is 1. The number of aromatic nitrogens is 3. The van der Waals surface area contributed by atoms with Crippen molar-refractivity contribution in [2.24, 2.45) is 0 Å². The minimum Gasteiger partial charge on any atom is -0.267 e. The average molecular weight is 365 g/mol. The predicted molar refractivity (Wildman–Crippen MR) is 100 cm³/mol. The molecule has 2 heterocycles. The van der Waals surface area contributed by atoms with Gasteiger partial charge < -0.3 is 0 Å². The molecule has 2 aromatic heterocycles. The van der Waals surface area contributed by atoms with Crippen molar-refractivity contribution in [1.29, 1.82) is 0 Å². The summed E-state index contributed by atoms with van der Waals surface area (Å²) in [5.74, 6) is -1.17. The van der Waals surface area contributed by atoms with E-state index in [1.54, 1.807) is 63.2 Å². The third kappa shape index (κ3) is 3.69. The highest BCUT2D eigenvalue weighted by molar-refractivity contribution is 6.05. The molecule has 0 radical (unpaired) electrons. The third-order valence-corrected chi connectivity index (χ3v) is 3.94. The number of hydrogen-bond donors (Lipinski definition) is 2. The van der Waals surface area contributed by atoms with Crippen LogP contribution in [0.2, 0.25) is 0 Å². The second-order valence-corrected chi connectivity index (χ2v) is 6.31. The second kappa shape index (κ2) is 7.36. The van der Waals surface area contributed by atoms with Crippen molar-refractivity contribution in [3.05, 3.63) is 69.9 Å². The van der Waals surface area contributed by atoms with Crippen LogP contribution in [0.4, 0.5) is 0 Å².